The van der Waals surface area contributed by atoms with Crippen LogP contribution >= 0.6 is 0 Å². The molecule has 2 aromatic rings. The van der Waals surface area contributed by atoms with E-state index < -0.39 is 10.1 Å². The third-order valence-electron chi connectivity index (χ3n) is 4.37. The normalized spacial score (nSPS) is 11.5. The first-order valence-electron chi connectivity index (χ1n) is 9.98. The number of carbonyl (C=O) groups excluding carboxylic acids is 1. The minimum Gasteiger partial charge on any atom is -0.497 e. The standard InChI is InChI=1S/C22H31N3O5S/c1-17(2)23-22(26)25(15-14-24(3)4)16-18-6-8-20(9-7-18)30-31(27,28)21-12-10-19(29-5)11-13-21/h6-13,17H,14-16H2,1-5H3,(H,23,26). The van der Waals surface area contributed by atoms with Crippen LogP contribution < -0.4 is 14.2 Å². The molecule has 170 valence electrons. The van der Waals surface area contributed by atoms with Crippen molar-refractivity contribution in [1.82, 2.24) is 15.1 Å². The SMILES string of the molecule is COc1ccc(S(=O)(=O)Oc2ccc(CN(CCN(C)C)C(=O)NC(C)C)cc2)cc1. The van der Waals surface area contributed by atoms with Crippen LogP contribution in [0.4, 0.5) is 4.79 Å². The molecule has 2 aromatic carbocycles. The van der Waals surface area contributed by atoms with E-state index in [1.165, 1.54) is 19.2 Å². The number of carbonyl (C=O) groups is 1. The summed E-state index contributed by atoms with van der Waals surface area (Å²) < 4.78 is 35.2. The second kappa shape index (κ2) is 11.0. The first-order chi connectivity index (χ1) is 14.6. The maximum Gasteiger partial charge on any atom is 0.339 e. The summed E-state index contributed by atoms with van der Waals surface area (Å²) in [5.41, 5.74) is 0.867. The highest BCUT2D eigenvalue weighted by Gasteiger charge is 2.18. The predicted molar refractivity (Wildman–Crippen MR) is 120 cm³/mol. The zero-order valence-corrected chi connectivity index (χ0v) is 19.5. The van der Waals surface area contributed by atoms with Crippen molar-refractivity contribution in [3.63, 3.8) is 0 Å². The van der Waals surface area contributed by atoms with Crippen molar-refractivity contribution in [3.8, 4) is 11.5 Å². The Labute approximate surface area is 184 Å². The Morgan fingerprint density at radius 1 is 0.968 bits per heavy atom. The molecule has 9 heteroatoms. The van der Waals surface area contributed by atoms with Crippen molar-refractivity contribution in [2.24, 2.45) is 0 Å². The molecule has 0 saturated carbocycles. The van der Waals surface area contributed by atoms with E-state index in [0.717, 1.165) is 12.1 Å². The zero-order chi connectivity index (χ0) is 23.0. The van der Waals surface area contributed by atoms with Gasteiger partial charge in [0.15, 0.2) is 0 Å². The van der Waals surface area contributed by atoms with Gasteiger partial charge in [-0.1, -0.05) is 12.1 Å². The van der Waals surface area contributed by atoms with Crippen LogP contribution in [0.1, 0.15) is 19.4 Å². The molecular weight excluding hydrogens is 418 g/mol. The smallest absolute Gasteiger partial charge is 0.339 e. The fraction of sp³-hybridized carbons (Fsp3) is 0.409. The third-order valence-corrected chi connectivity index (χ3v) is 5.63. The van der Waals surface area contributed by atoms with Crippen LogP contribution in [0, 0.1) is 0 Å². The molecule has 0 unspecified atom stereocenters. The van der Waals surface area contributed by atoms with Gasteiger partial charge in [0, 0.05) is 25.7 Å². The number of likely N-dealkylation sites (N-methyl/N-ethyl adjacent to an activating group) is 1. The van der Waals surface area contributed by atoms with Gasteiger partial charge < -0.3 is 24.0 Å². The lowest BCUT2D eigenvalue weighted by Crippen LogP contribution is -2.45. The molecule has 0 heterocycles. The Bertz CT molecular complexity index is 942. The first kappa shape index (κ1) is 24.5. The largest absolute Gasteiger partial charge is 0.497 e. The number of hydrogen-bond donors (Lipinski definition) is 1. The lowest BCUT2D eigenvalue weighted by Gasteiger charge is -2.26. The Kier molecular flexibility index (Phi) is 8.70. The van der Waals surface area contributed by atoms with Crippen molar-refractivity contribution >= 4 is 16.1 Å². The van der Waals surface area contributed by atoms with Crippen LogP contribution in [-0.2, 0) is 16.7 Å². The molecule has 8 nitrogen and oxygen atoms in total. The lowest BCUT2D eigenvalue weighted by molar-refractivity contribution is 0.186. The summed E-state index contributed by atoms with van der Waals surface area (Å²) in [6, 6.07) is 12.5. The van der Waals surface area contributed by atoms with Crippen molar-refractivity contribution < 1.29 is 22.1 Å². The molecular formula is C22H31N3O5S. The minimum atomic E-state index is -3.95. The van der Waals surface area contributed by atoms with Gasteiger partial charge in [-0.15, -0.1) is 0 Å². The fourth-order valence-electron chi connectivity index (χ4n) is 2.70. The monoisotopic (exact) mass is 449 g/mol. The molecule has 0 fully saturated rings. The Balaban J connectivity index is 2.08. The summed E-state index contributed by atoms with van der Waals surface area (Å²) >= 11 is 0. The van der Waals surface area contributed by atoms with Gasteiger partial charge in [0.1, 0.15) is 16.4 Å². The van der Waals surface area contributed by atoms with Crippen LogP contribution in [0.5, 0.6) is 11.5 Å². The number of methoxy groups -OCH3 is 1. The number of rotatable bonds is 10. The second-order valence-corrected chi connectivity index (χ2v) is 9.23. The molecule has 0 bridgehead atoms. The maximum absolute atomic E-state index is 12.5. The van der Waals surface area contributed by atoms with Crippen molar-refractivity contribution in [1.29, 1.82) is 0 Å². The van der Waals surface area contributed by atoms with Crippen molar-refractivity contribution in [3.05, 3.63) is 54.1 Å². The van der Waals surface area contributed by atoms with Crippen molar-refractivity contribution in [2.75, 3.05) is 34.3 Å². The number of nitrogens with one attached hydrogen (secondary N) is 1. The van der Waals surface area contributed by atoms with Crippen LogP contribution in [0.2, 0.25) is 0 Å². The zero-order valence-electron chi connectivity index (χ0n) is 18.7. The van der Waals surface area contributed by atoms with Crippen LogP contribution in [-0.4, -0.2) is 64.6 Å². The molecule has 1 N–H and O–H groups in total. The highest BCUT2D eigenvalue weighted by molar-refractivity contribution is 7.87. The second-order valence-electron chi connectivity index (χ2n) is 7.69. The number of hydrogen-bond acceptors (Lipinski definition) is 6. The highest BCUT2D eigenvalue weighted by Crippen LogP contribution is 2.21. The minimum absolute atomic E-state index is 0.0355. The maximum atomic E-state index is 12.5. The lowest BCUT2D eigenvalue weighted by atomic mass is 10.2. The number of urea groups is 1. The van der Waals surface area contributed by atoms with E-state index in [1.54, 1.807) is 41.3 Å². The Morgan fingerprint density at radius 3 is 2.06 bits per heavy atom. The number of nitrogens with zero attached hydrogens (tertiary/aromatic N) is 2. The molecule has 2 rings (SSSR count). The van der Waals surface area contributed by atoms with Gasteiger partial charge >= 0.3 is 16.1 Å². The average molecular weight is 450 g/mol. The quantitative estimate of drug-likeness (QED) is 0.561. The molecule has 31 heavy (non-hydrogen) atoms. The fourth-order valence-corrected chi connectivity index (χ4v) is 3.63. The van der Waals surface area contributed by atoms with Gasteiger partial charge in [-0.2, -0.15) is 8.42 Å². The first-order valence-corrected chi connectivity index (χ1v) is 11.4. The summed E-state index contributed by atoms with van der Waals surface area (Å²) in [6.45, 7) is 5.52. The highest BCUT2D eigenvalue weighted by atomic mass is 32.2. The van der Waals surface area contributed by atoms with Gasteiger partial charge in [-0.25, -0.2) is 4.79 Å². The molecule has 0 spiro atoms. The van der Waals surface area contributed by atoms with E-state index in [2.05, 4.69) is 5.32 Å². The van der Waals surface area contributed by atoms with E-state index >= 15 is 0 Å². The third kappa shape index (κ3) is 7.76. The molecule has 2 amide bonds. The molecule has 0 atom stereocenters. The Hall–Kier alpha value is -2.78. The molecule has 0 aliphatic carbocycles. The molecule has 0 aromatic heterocycles. The summed E-state index contributed by atoms with van der Waals surface area (Å²) in [6.07, 6.45) is 0. The summed E-state index contributed by atoms with van der Waals surface area (Å²) in [7, 11) is 1.46. The summed E-state index contributed by atoms with van der Waals surface area (Å²) in [5.74, 6) is 0.759. The molecule has 0 aliphatic heterocycles. The van der Waals surface area contributed by atoms with Crippen molar-refractivity contribution in [2.45, 2.75) is 31.3 Å². The molecule has 0 saturated heterocycles. The van der Waals surface area contributed by atoms with Gasteiger partial charge in [0.2, 0.25) is 0 Å². The van der Waals surface area contributed by atoms with Crippen LogP contribution in [0.3, 0.4) is 0 Å². The Morgan fingerprint density at radius 2 is 1.55 bits per heavy atom. The van der Waals surface area contributed by atoms with Crippen LogP contribution in [0.25, 0.3) is 0 Å². The average Bonchev–Trinajstić information content (AvgIpc) is 2.71. The van der Waals surface area contributed by atoms with Gasteiger partial charge in [-0.05, 0) is 69.9 Å². The van der Waals surface area contributed by atoms with Gasteiger partial charge in [0.05, 0.1) is 7.11 Å². The predicted octanol–water partition coefficient (Wildman–Crippen LogP) is 2.94. The van der Waals surface area contributed by atoms with E-state index in [-0.39, 0.29) is 22.7 Å². The molecule has 0 radical (unpaired) electrons. The van der Waals surface area contributed by atoms with Crippen LogP contribution in [0.15, 0.2) is 53.4 Å². The number of ether oxygens (including phenoxy) is 1. The number of amides is 2. The van der Waals surface area contributed by atoms with Gasteiger partial charge in [0.25, 0.3) is 0 Å². The van der Waals surface area contributed by atoms with E-state index in [1.807, 2.05) is 32.8 Å². The topological polar surface area (TPSA) is 88.2 Å². The van der Waals surface area contributed by atoms with E-state index in [0.29, 0.717) is 18.8 Å². The van der Waals surface area contributed by atoms with E-state index in [9.17, 15) is 13.2 Å². The van der Waals surface area contributed by atoms with E-state index in [4.69, 9.17) is 8.92 Å². The van der Waals surface area contributed by atoms with Gasteiger partial charge in [-0.3, -0.25) is 0 Å². The molecule has 0 aliphatic rings. The summed E-state index contributed by atoms with van der Waals surface area (Å²) in [4.78, 5) is 16.3. The number of benzene rings is 2. The summed E-state index contributed by atoms with van der Waals surface area (Å²) in [5, 5.41) is 2.91.